The van der Waals surface area contributed by atoms with Crippen molar-refractivity contribution in [1.82, 2.24) is 4.57 Å². The Hall–Kier alpha value is 0.820. The van der Waals surface area contributed by atoms with Gasteiger partial charge in [0.25, 0.3) is 5.56 Å². The van der Waals surface area contributed by atoms with Gasteiger partial charge in [-0.15, -0.1) is 0 Å². The number of nitrogens with zero attached hydrogens (tertiary/aromatic N) is 1. The van der Waals surface area contributed by atoms with Crippen molar-refractivity contribution in [2.24, 2.45) is 0 Å². The molecule has 0 unspecified atom stereocenters. The molecular weight excluding hydrogens is 389 g/mol. The smallest absolute Gasteiger partial charge is 0.748 e. The molecule has 0 aliphatic carbocycles. The first-order valence-corrected chi connectivity index (χ1v) is 7.45. The van der Waals surface area contributed by atoms with E-state index in [-0.39, 0.29) is 48.1 Å². The molecule has 0 aromatic carbocycles. The molecule has 0 radical (unpaired) electrons. The molecule has 5 nitrogen and oxygen atoms in total. The summed E-state index contributed by atoms with van der Waals surface area (Å²) in [4.78, 5) is 11.5. The molecule has 0 aliphatic rings. The second-order valence-electron chi connectivity index (χ2n) is 3.12. The van der Waals surface area contributed by atoms with Crippen LogP contribution in [0, 0.1) is 0 Å². The van der Waals surface area contributed by atoms with Crippen LogP contribution in [0.3, 0.4) is 0 Å². The van der Waals surface area contributed by atoms with E-state index in [0.717, 1.165) is 0 Å². The Balaban J connectivity index is 0.00000256. The van der Waals surface area contributed by atoms with Crippen molar-refractivity contribution in [2.75, 3.05) is 5.75 Å². The van der Waals surface area contributed by atoms with Crippen molar-refractivity contribution < 1.29 is 42.5 Å². The second kappa shape index (κ2) is 7.42. The minimum atomic E-state index is -4.22. The van der Waals surface area contributed by atoms with Gasteiger partial charge in [0.2, 0.25) is 0 Å². The molecule has 9 heteroatoms. The van der Waals surface area contributed by atoms with Gasteiger partial charge in [-0.3, -0.25) is 4.79 Å². The van der Waals surface area contributed by atoms with Gasteiger partial charge in [-0.1, -0.05) is 0 Å². The molecule has 0 N–H and O–H groups in total. The van der Waals surface area contributed by atoms with E-state index in [1.165, 1.54) is 4.57 Å². The number of halogens is 2. The average molecular weight is 397 g/mol. The van der Waals surface area contributed by atoms with E-state index in [0.29, 0.717) is 8.95 Å². The van der Waals surface area contributed by atoms with Gasteiger partial charge in [0, 0.05) is 23.0 Å². The summed E-state index contributed by atoms with van der Waals surface area (Å²) in [6, 6.07) is 1.60. The zero-order chi connectivity index (χ0) is 12.3. The van der Waals surface area contributed by atoms with Crippen LogP contribution in [-0.4, -0.2) is 23.3 Å². The van der Waals surface area contributed by atoms with E-state index < -0.39 is 15.9 Å². The average Bonchev–Trinajstić information content (AvgIpc) is 2.11. The maximum Gasteiger partial charge on any atom is 1.00 e. The van der Waals surface area contributed by atoms with E-state index in [2.05, 4.69) is 31.9 Å². The molecule has 0 fully saturated rings. The van der Waals surface area contributed by atoms with Crippen LogP contribution in [0.5, 0.6) is 0 Å². The predicted molar refractivity (Wildman–Crippen MR) is 65.3 cm³/mol. The Morgan fingerprint density at radius 3 is 2.47 bits per heavy atom. The largest absolute Gasteiger partial charge is 1.00 e. The summed E-state index contributed by atoms with van der Waals surface area (Å²) in [6.07, 6.45) is 1.67. The number of aromatic nitrogens is 1. The molecule has 0 atom stereocenters. The van der Waals surface area contributed by atoms with Crippen molar-refractivity contribution >= 4 is 42.0 Å². The monoisotopic (exact) mass is 395 g/mol. The van der Waals surface area contributed by atoms with Gasteiger partial charge in [0.1, 0.15) is 0 Å². The molecule has 0 saturated heterocycles. The van der Waals surface area contributed by atoms with Crippen LogP contribution >= 0.6 is 31.9 Å². The fourth-order valence-corrected chi connectivity index (χ4v) is 2.88. The van der Waals surface area contributed by atoms with Gasteiger partial charge in [-0.25, -0.2) is 8.42 Å². The van der Waals surface area contributed by atoms with Gasteiger partial charge in [-0.2, -0.15) is 0 Å². The van der Waals surface area contributed by atoms with Gasteiger partial charge < -0.3 is 9.12 Å². The summed E-state index contributed by atoms with van der Waals surface area (Å²) in [5, 5.41) is 0. The molecule has 0 amide bonds. The topological polar surface area (TPSA) is 79.2 Å². The van der Waals surface area contributed by atoms with E-state index in [1.807, 2.05) is 0 Å². The molecule has 1 aromatic rings. The molecule has 1 heterocycles. The molecule has 0 aliphatic heterocycles. The Kier molecular flexibility index (Phi) is 7.78. The normalized spacial score (nSPS) is 11.0. The van der Waals surface area contributed by atoms with Crippen molar-refractivity contribution in [3.63, 3.8) is 0 Å². The summed E-state index contributed by atoms with van der Waals surface area (Å²) in [5.74, 6) is -0.469. The Bertz CT molecular complexity index is 543. The fourth-order valence-electron chi connectivity index (χ4n) is 1.14. The third-order valence-corrected chi connectivity index (χ3v) is 3.59. The van der Waals surface area contributed by atoms with Crippen LogP contribution in [0.4, 0.5) is 0 Å². The second-order valence-corrected chi connectivity index (χ2v) is 6.41. The Labute approximate surface area is 138 Å². The van der Waals surface area contributed by atoms with E-state index >= 15 is 0 Å². The van der Waals surface area contributed by atoms with Gasteiger partial charge in [0.05, 0.1) is 14.6 Å². The summed E-state index contributed by atoms with van der Waals surface area (Å²) >= 11 is 6.29. The van der Waals surface area contributed by atoms with E-state index in [1.54, 1.807) is 12.3 Å². The molecule has 1 rings (SSSR count). The number of rotatable bonds is 4. The molecule has 0 spiro atoms. The van der Waals surface area contributed by atoms with Crippen LogP contribution in [0.25, 0.3) is 0 Å². The van der Waals surface area contributed by atoms with Crippen molar-refractivity contribution in [3.8, 4) is 0 Å². The standard InChI is InChI=1S/C8H9Br2NO4S.Na/c9-6-4-7(10)8(12)11(5-6)2-1-3-16(13,14)15;/h4-5H,1-3H2,(H,13,14,15);/q;+1/p-1. The SMILES string of the molecule is O=c1c(Br)cc(Br)cn1CCCS(=O)(=O)[O-].[Na+]. The summed E-state index contributed by atoms with van der Waals surface area (Å²) in [6.45, 7) is 0.193. The Morgan fingerprint density at radius 1 is 1.35 bits per heavy atom. The number of hydrogen-bond donors (Lipinski definition) is 0. The van der Waals surface area contributed by atoms with Crippen LogP contribution in [-0.2, 0) is 16.7 Å². The minimum Gasteiger partial charge on any atom is -0.748 e. The number of pyridine rings is 1. The van der Waals surface area contributed by atoms with Crippen LogP contribution in [0.15, 0.2) is 26.0 Å². The number of hydrogen-bond acceptors (Lipinski definition) is 4. The van der Waals surface area contributed by atoms with Gasteiger partial charge >= 0.3 is 29.6 Å². The molecule has 90 valence electrons. The first-order chi connectivity index (χ1) is 7.29. The first-order valence-electron chi connectivity index (χ1n) is 4.28. The minimum absolute atomic E-state index is 0. The van der Waals surface area contributed by atoms with E-state index in [4.69, 9.17) is 0 Å². The van der Waals surface area contributed by atoms with Crippen LogP contribution in [0.1, 0.15) is 6.42 Å². The third kappa shape index (κ3) is 6.51. The quantitative estimate of drug-likeness (QED) is 0.449. The zero-order valence-electron chi connectivity index (χ0n) is 9.02. The molecule has 0 saturated carbocycles. The molecule has 17 heavy (non-hydrogen) atoms. The maximum absolute atomic E-state index is 11.5. The van der Waals surface area contributed by atoms with Crippen LogP contribution in [0.2, 0.25) is 0 Å². The summed E-state index contributed by atoms with van der Waals surface area (Å²) in [7, 11) is -4.22. The Morgan fingerprint density at radius 2 is 1.94 bits per heavy atom. The van der Waals surface area contributed by atoms with Crippen molar-refractivity contribution in [2.45, 2.75) is 13.0 Å². The molecule has 0 bridgehead atoms. The van der Waals surface area contributed by atoms with Crippen molar-refractivity contribution in [1.29, 1.82) is 0 Å². The van der Waals surface area contributed by atoms with Crippen molar-refractivity contribution in [3.05, 3.63) is 31.6 Å². The molecular formula is C8H8Br2NNaO4S. The van der Waals surface area contributed by atoms with Gasteiger partial charge in [-0.05, 0) is 44.3 Å². The summed E-state index contributed by atoms with van der Waals surface area (Å²) in [5.41, 5.74) is -0.258. The zero-order valence-corrected chi connectivity index (χ0v) is 15.0. The third-order valence-electron chi connectivity index (χ3n) is 1.80. The summed E-state index contributed by atoms with van der Waals surface area (Å²) < 4.78 is 33.6. The fraction of sp³-hybridized carbons (Fsp3) is 0.375. The van der Waals surface area contributed by atoms with Crippen LogP contribution < -0.4 is 35.1 Å². The maximum atomic E-state index is 11.5. The predicted octanol–water partition coefficient (Wildman–Crippen LogP) is -1.69. The molecule has 1 aromatic heterocycles. The van der Waals surface area contributed by atoms with Gasteiger partial charge in [0.15, 0.2) is 0 Å². The number of aryl methyl sites for hydroxylation is 1. The van der Waals surface area contributed by atoms with E-state index in [9.17, 15) is 17.8 Å². The first kappa shape index (κ1) is 17.8.